The molecule has 0 saturated heterocycles. The number of aromatic nitrogens is 1. The molecule has 5 nitrogen and oxygen atoms in total. The summed E-state index contributed by atoms with van der Waals surface area (Å²) in [6, 6.07) is 16.4. The van der Waals surface area contributed by atoms with Gasteiger partial charge >= 0.3 is 5.97 Å². The molecule has 0 aliphatic carbocycles. The van der Waals surface area contributed by atoms with Gasteiger partial charge in [0, 0.05) is 11.0 Å². The molecule has 110 valence electrons. The number of hydrogen-bond acceptors (Lipinski definition) is 5. The molecular weight excluding hydrogens is 300 g/mol. The van der Waals surface area contributed by atoms with Gasteiger partial charge in [0.2, 0.25) is 0 Å². The number of hydrogen-bond donors (Lipinski definition) is 2. The number of nitrogens with zero attached hydrogens (tertiary/aromatic N) is 1. The van der Waals surface area contributed by atoms with E-state index in [4.69, 9.17) is 9.63 Å². The second kappa shape index (κ2) is 6.36. The van der Waals surface area contributed by atoms with E-state index in [-0.39, 0.29) is 5.56 Å². The lowest BCUT2D eigenvalue weighted by molar-refractivity contribution is 0.0697. The summed E-state index contributed by atoms with van der Waals surface area (Å²) in [4.78, 5) is 12.0. The standard InChI is InChI=1S/C16H12N2O3S/c19-16(20)13-3-1-2-12(10-13)11-4-6-14(7-5-11)22-18-15-8-9-21-17-15/h1-10H,(H,17,18)(H,19,20). The minimum absolute atomic E-state index is 0.281. The van der Waals surface area contributed by atoms with Crippen molar-refractivity contribution in [2.75, 3.05) is 4.72 Å². The summed E-state index contributed by atoms with van der Waals surface area (Å²) in [5.41, 5.74) is 2.12. The van der Waals surface area contributed by atoms with Gasteiger partial charge in [-0.3, -0.25) is 0 Å². The lowest BCUT2D eigenvalue weighted by Gasteiger charge is -2.05. The van der Waals surface area contributed by atoms with Crippen LogP contribution in [-0.4, -0.2) is 16.2 Å². The predicted octanol–water partition coefficient (Wildman–Crippen LogP) is 4.16. The van der Waals surface area contributed by atoms with Gasteiger partial charge in [-0.1, -0.05) is 29.4 Å². The predicted molar refractivity (Wildman–Crippen MR) is 84.8 cm³/mol. The minimum atomic E-state index is -0.925. The van der Waals surface area contributed by atoms with Crippen LogP contribution in [0, 0.1) is 0 Å². The highest BCUT2D eigenvalue weighted by Crippen LogP contribution is 2.25. The maximum atomic E-state index is 11.0. The van der Waals surface area contributed by atoms with Crippen LogP contribution in [0.1, 0.15) is 10.4 Å². The molecule has 0 fully saturated rings. The van der Waals surface area contributed by atoms with Gasteiger partial charge in [0.25, 0.3) is 0 Å². The molecule has 0 aliphatic heterocycles. The van der Waals surface area contributed by atoms with Gasteiger partial charge in [-0.05, 0) is 47.3 Å². The molecule has 1 heterocycles. The molecule has 2 N–H and O–H groups in total. The average Bonchev–Trinajstić information content (AvgIpc) is 3.07. The number of carboxylic acid groups (broad SMARTS) is 1. The molecule has 0 radical (unpaired) electrons. The van der Waals surface area contributed by atoms with Crippen LogP contribution in [-0.2, 0) is 0 Å². The van der Waals surface area contributed by atoms with Crippen molar-refractivity contribution in [3.05, 3.63) is 66.4 Å². The monoisotopic (exact) mass is 312 g/mol. The van der Waals surface area contributed by atoms with E-state index in [9.17, 15) is 4.79 Å². The van der Waals surface area contributed by atoms with Crippen LogP contribution < -0.4 is 4.72 Å². The van der Waals surface area contributed by atoms with E-state index < -0.39 is 5.97 Å². The molecule has 0 aliphatic rings. The first-order valence-electron chi connectivity index (χ1n) is 6.49. The van der Waals surface area contributed by atoms with Crippen molar-refractivity contribution in [3.63, 3.8) is 0 Å². The lowest BCUT2D eigenvalue weighted by Crippen LogP contribution is -1.95. The molecule has 0 spiro atoms. The zero-order valence-electron chi connectivity index (χ0n) is 11.4. The van der Waals surface area contributed by atoms with Crippen LogP contribution in [0.2, 0.25) is 0 Å². The summed E-state index contributed by atoms with van der Waals surface area (Å²) in [5.74, 6) is -0.269. The van der Waals surface area contributed by atoms with Crippen molar-refractivity contribution in [1.82, 2.24) is 5.16 Å². The van der Waals surface area contributed by atoms with E-state index in [1.54, 1.807) is 24.3 Å². The Morgan fingerprint density at radius 1 is 1.09 bits per heavy atom. The normalized spacial score (nSPS) is 10.4. The molecule has 0 unspecified atom stereocenters. The molecule has 3 rings (SSSR count). The van der Waals surface area contributed by atoms with Crippen LogP contribution in [0.4, 0.5) is 5.82 Å². The zero-order chi connectivity index (χ0) is 15.4. The highest BCUT2D eigenvalue weighted by molar-refractivity contribution is 8.00. The first-order valence-corrected chi connectivity index (χ1v) is 7.31. The van der Waals surface area contributed by atoms with Crippen LogP contribution in [0.25, 0.3) is 11.1 Å². The quantitative estimate of drug-likeness (QED) is 0.689. The Morgan fingerprint density at radius 3 is 2.59 bits per heavy atom. The molecule has 0 amide bonds. The molecule has 6 heteroatoms. The third-order valence-corrected chi connectivity index (χ3v) is 3.83. The molecule has 0 atom stereocenters. The molecule has 0 saturated carbocycles. The summed E-state index contributed by atoms with van der Waals surface area (Å²) >= 11 is 1.42. The number of nitrogens with one attached hydrogen (secondary N) is 1. The zero-order valence-corrected chi connectivity index (χ0v) is 12.2. The number of anilines is 1. The summed E-state index contributed by atoms with van der Waals surface area (Å²) in [7, 11) is 0. The molecule has 1 aromatic heterocycles. The Balaban J connectivity index is 1.73. The van der Waals surface area contributed by atoms with Crippen molar-refractivity contribution in [2.24, 2.45) is 0 Å². The van der Waals surface area contributed by atoms with Gasteiger partial charge in [-0.15, -0.1) is 0 Å². The fourth-order valence-electron chi connectivity index (χ4n) is 1.92. The van der Waals surface area contributed by atoms with E-state index in [1.165, 1.54) is 18.2 Å². The van der Waals surface area contributed by atoms with E-state index in [0.29, 0.717) is 5.82 Å². The number of rotatable bonds is 5. The maximum Gasteiger partial charge on any atom is 0.335 e. The van der Waals surface area contributed by atoms with Crippen LogP contribution in [0.3, 0.4) is 0 Å². The van der Waals surface area contributed by atoms with Crippen molar-refractivity contribution in [3.8, 4) is 11.1 Å². The minimum Gasteiger partial charge on any atom is -0.478 e. The van der Waals surface area contributed by atoms with E-state index >= 15 is 0 Å². The fourth-order valence-corrected chi connectivity index (χ4v) is 2.52. The van der Waals surface area contributed by atoms with Crippen LogP contribution in [0.15, 0.2) is 70.3 Å². The van der Waals surface area contributed by atoms with Crippen molar-refractivity contribution >= 4 is 23.7 Å². The van der Waals surface area contributed by atoms with Gasteiger partial charge in [0.05, 0.1) is 5.56 Å². The fraction of sp³-hybridized carbons (Fsp3) is 0. The smallest absolute Gasteiger partial charge is 0.335 e. The van der Waals surface area contributed by atoms with Crippen LogP contribution in [0.5, 0.6) is 0 Å². The highest BCUT2D eigenvalue weighted by atomic mass is 32.2. The van der Waals surface area contributed by atoms with E-state index in [2.05, 4.69) is 9.88 Å². The first-order chi connectivity index (χ1) is 10.7. The van der Waals surface area contributed by atoms with Crippen molar-refractivity contribution in [1.29, 1.82) is 0 Å². The summed E-state index contributed by atoms with van der Waals surface area (Å²) in [6.07, 6.45) is 1.50. The van der Waals surface area contributed by atoms with Gasteiger partial charge in [0.1, 0.15) is 6.26 Å². The van der Waals surface area contributed by atoms with Gasteiger partial charge < -0.3 is 14.4 Å². The third-order valence-electron chi connectivity index (χ3n) is 3.01. The second-order valence-electron chi connectivity index (χ2n) is 4.50. The summed E-state index contributed by atoms with van der Waals surface area (Å²) < 4.78 is 7.79. The highest BCUT2D eigenvalue weighted by Gasteiger charge is 2.05. The van der Waals surface area contributed by atoms with Crippen molar-refractivity contribution < 1.29 is 14.4 Å². The van der Waals surface area contributed by atoms with Gasteiger partial charge in [-0.25, -0.2) is 4.79 Å². The second-order valence-corrected chi connectivity index (χ2v) is 5.38. The Bertz CT molecular complexity index is 770. The molecule has 3 aromatic rings. The Kier molecular flexibility index (Phi) is 4.11. The summed E-state index contributed by atoms with van der Waals surface area (Å²) in [6.45, 7) is 0. The summed E-state index contributed by atoms with van der Waals surface area (Å²) in [5, 5.41) is 12.8. The van der Waals surface area contributed by atoms with E-state index in [1.807, 2.05) is 30.3 Å². The van der Waals surface area contributed by atoms with Crippen LogP contribution >= 0.6 is 11.9 Å². The number of benzene rings is 2. The van der Waals surface area contributed by atoms with Gasteiger partial charge in [-0.2, -0.15) is 0 Å². The largest absolute Gasteiger partial charge is 0.478 e. The van der Waals surface area contributed by atoms with Gasteiger partial charge in [0.15, 0.2) is 5.82 Å². The SMILES string of the molecule is O=C(O)c1cccc(-c2ccc(SNc3ccon3)cc2)c1. The lowest BCUT2D eigenvalue weighted by atomic mass is 10.0. The molecule has 2 aromatic carbocycles. The third kappa shape index (κ3) is 3.29. The Morgan fingerprint density at radius 2 is 1.91 bits per heavy atom. The topological polar surface area (TPSA) is 75.4 Å². The average molecular weight is 312 g/mol. The first kappa shape index (κ1) is 14.2. The number of carboxylic acids is 1. The Hall–Kier alpha value is -2.73. The Labute approximate surface area is 131 Å². The van der Waals surface area contributed by atoms with E-state index in [0.717, 1.165) is 16.0 Å². The molecule has 22 heavy (non-hydrogen) atoms. The molecular formula is C16H12N2O3S. The number of aromatic carboxylic acids is 1. The maximum absolute atomic E-state index is 11.0. The molecule has 0 bridgehead atoms. The van der Waals surface area contributed by atoms with Crippen molar-refractivity contribution in [2.45, 2.75) is 4.90 Å². The number of carbonyl (C=O) groups is 1.